The highest BCUT2D eigenvalue weighted by atomic mass is 35.5. The van der Waals surface area contributed by atoms with Crippen molar-refractivity contribution in [1.29, 1.82) is 0 Å². The topological polar surface area (TPSA) is 159 Å². The van der Waals surface area contributed by atoms with Crippen LogP contribution in [0.4, 0.5) is 11.5 Å². The Balaban J connectivity index is 1.25. The monoisotopic (exact) mass is 574 g/mol. The van der Waals surface area contributed by atoms with Crippen LogP contribution in [0.25, 0.3) is 0 Å². The Labute approximate surface area is 237 Å². The smallest absolute Gasteiger partial charge is 0.338 e. The Hall–Kier alpha value is -3.45. The number of hydrogen-bond acceptors (Lipinski definition) is 9. The average molecular weight is 575 g/mol. The molecule has 0 unspecified atom stereocenters. The third kappa shape index (κ3) is 7.60. The van der Waals surface area contributed by atoms with Gasteiger partial charge in [0.15, 0.2) is 0 Å². The number of anilines is 2. The Kier molecular flexibility index (Phi) is 9.80. The van der Waals surface area contributed by atoms with Crippen LogP contribution < -0.4 is 21.9 Å². The van der Waals surface area contributed by atoms with Gasteiger partial charge in [0.25, 0.3) is 11.5 Å². The molecule has 2 atom stereocenters. The third-order valence-corrected chi connectivity index (χ3v) is 7.55. The van der Waals surface area contributed by atoms with Crippen LogP contribution in [-0.4, -0.2) is 97.7 Å². The Morgan fingerprint density at radius 3 is 2.50 bits per heavy atom. The number of ether oxygens (including phenoxy) is 2. The van der Waals surface area contributed by atoms with Crippen molar-refractivity contribution in [2.45, 2.75) is 37.5 Å². The Morgan fingerprint density at radius 2 is 1.82 bits per heavy atom. The molecule has 2 aromatic rings. The van der Waals surface area contributed by atoms with Crippen molar-refractivity contribution in [3.63, 3.8) is 0 Å². The molecule has 0 saturated carbocycles. The molecule has 4 rings (SSSR count). The highest BCUT2D eigenvalue weighted by Gasteiger charge is 2.32. The van der Waals surface area contributed by atoms with Crippen LogP contribution in [-0.2, 0) is 14.3 Å². The fraction of sp³-hybridized carbons (Fsp3) is 0.481. The van der Waals surface area contributed by atoms with Crippen LogP contribution in [0.5, 0.6) is 0 Å². The lowest BCUT2D eigenvalue weighted by Gasteiger charge is -2.37. The number of H-pyrrole nitrogens is 1. The first-order valence-electron chi connectivity index (χ1n) is 13.2. The number of nitrogen functional groups attached to an aromatic ring is 1. The quantitative estimate of drug-likeness (QED) is 0.341. The number of halogens is 1. The minimum atomic E-state index is -0.635. The number of benzene rings is 1. The summed E-state index contributed by atoms with van der Waals surface area (Å²) in [6.07, 6.45) is 1.67. The summed E-state index contributed by atoms with van der Waals surface area (Å²) in [4.78, 5) is 56.5. The number of methoxy groups -OCH3 is 1. The molecule has 0 spiro atoms. The van der Waals surface area contributed by atoms with Crippen LogP contribution in [0.1, 0.15) is 40.0 Å². The lowest BCUT2D eigenvalue weighted by atomic mass is 10.0. The molecule has 12 nitrogen and oxygen atoms in total. The second-order valence-corrected chi connectivity index (χ2v) is 10.6. The van der Waals surface area contributed by atoms with Crippen LogP contribution in [0.2, 0.25) is 5.02 Å². The number of rotatable bonds is 8. The SMILES string of the molecule is CO[C@H]1CN(CC(=O)Nc2ccc(C(=O)OC3CCN(C)CC3)cc2)CC[C@H]1NC(=O)c1cc(Cl)c(N)[nH]c1=O. The molecule has 2 aliphatic heterocycles. The molecule has 5 N–H and O–H groups in total. The third-order valence-electron chi connectivity index (χ3n) is 7.24. The van der Waals surface area contributed by atoms with Gasteiger partial charge in [-0.25, -0.2) is 4.79 Å². The molecule has 1 aromatic heterocycles. The van der Waals surface area contributed by atoms with Crippen LogP contribution >= 0.6 is 11.6 Å². The highest BCUT2D eigenvalue weighted by Crippen LogP contribution is 2.19. The largest absolute Gasteiger partial charge is 0.459 e. The van der Waals surface area contributed by atoms with E-state index >= 15 is 0 Å². The number of carbonyl (C=O) groups is 3. The fourth-order valence-corrected chi connectivity index (χ4v) is 5.03. The molecule has 2 aliphatic rings. The van der Waals surface area contributed by atoms with Crippen molar-refractivity contribution in [2.24, 2.45) is 0 Å². The zero-order valence-corrected chi connectivity index (χ0v) is 23.3. The summed E-state index contributed by atoms with van der Waals surface area (Å²) in [6, 6.07) is 7.50. The van der Waals surface area contributed by atoms with Gasteiger partial charge < -0.3 is 35.7 Å². The minimum absolute atomic E-state index is 0.00830. The first-order chi connectivity index (χ1) is 19.1. The van der Waals surface area contributed by atoms with Gasteiger partial charge in [-0.1, -0.05) is 11.6 Å². The van der Waals surface area contributed by atoms with Gasteiger partial charge in [0.2, 0.25) is 5.91 Å². The number of hydrogen-bond donors (Lipinski definition) is 4. The van der Waals surface area contributed by atoms with E-state index in [0.29, 0.717) is 30.8 Å². The lowest BCUT2D eigenvalue weighted by Crippen LogP contribution is -2.56. The Bertz CT molecular complexity index is 1280. The molecule has 13 heteroatoms. The van der Waals surface area contributed by atoms with E-state index < -0.39 is 17.6 Å². The van der Waals surface area contributed by atoms with E-state index in [1.165, 1.54) is 13.2 Å². The number of carbonyl (C=O) groups excluding carboxylic acids is 3. The van der Waals surface area contributed by atoms with Crippen LogP contribution in [0.15, 0.2) is 35.1 Å². The van der Waals surface area contributed by atoms with Crippen molar-refractivity contribution in [1.82, 2.24) is 20.1 Å². The van der Waals surface area contributed by atoms with E-state index in [0.717, 1.165) is 25.9 Å². The molecule has 0 aliphatic carbocycles. The maximum absolute atomic E-state index is 12.7. The molecular formula is C27H35ClN6O6. The van der Waals surface area contributed by atoms with Crippen molar-refractivity contribution in [3.8, 4) is 0 Å². The van der Waals surface area contributed by atoms with E-state index in [4.69, 9.17) is 26.8 Å². The number of piperidine rings is 2. The van der Waals surface area contributed by atoms with Gasteiger partial charge in [-0.2, -0.15) is 0 Å². The zero-order valence-electron chi connectivity index (χ0n) is 22.6. The van der Waals surface area contributed by atoms with Gasteiger partial charge in [0, 0.05) is 39.0 Å². The second-order valence-electron chi connectivity index (χ2n) is 10.2. The number of amides is 2. The zero-order chi connectivity index (χ0) is 28.8. The number of aromatic nitrogens is 1. The molecule has 1 aromatic carbocycles. The van der Waals surface area contributed by atoms with E-state index in [9.17, 15) is 19.2 Å². The molecule has 2 fully saturated rings. The standard InChI is InChI=1S/C27H35ClN6O6/c1-33-10-7-18(8-11-33)40-27(38)16-3-5-17(6-4-16)30-23(35)15-34-12-9-21(22(14-34)39-2)31-25(36)19-13-20(28)24(29)32-26(19)37/h3-6,13,18,21-22H,7-12,14-15H2,1-2H3,(H,30,35)(H,31,36)(H3,29,32,37)/t21-,22+/m1/s1. The lowest BCUT2D eigenvalue weighted by molar-refractivity contribution is -0.118. The average Bonchev–Trinajstić information content (AvgIpc) is 2.93. The van der Waals surface area contributed by atoms with Crippen molar-refractivity contribution in [3.05, 3.63) is 56.8 Å². The summed E-state index contributed by atoms with van der Waals surface area (Å²) in [5.41, 5.74) is 5.81. The predicted octanol–water partition coefficient (Wildman–Crippen LogP) is 1.32. The fourth-order valence-electron chi connectivity index (χ4n) is 4.88. The molecule has 3 heterocycles. The summed E-state index contributed by atoms with van der Waals surface area (Å²) < 4.78 is 11.2. The van der Waals surface area contributed by atoms with E-state index in [1.54, 1.807) is 24.3 Å². The summed E-state index contributed by atoms with van der Waals surface area (Å²) in [7, 11) is 3.58. The minimum Gasteiger partial charge on any atom is -0.459 e. The number of pyridine rings is 1. The molecular weight excluding hydrogens is 540 g/mol. The van der Waals surface area contributed by atoms with Gasteiger partial charge in [-0.3, -0.25) is 19.3 Å². The van der Waals surface area contributed by atoms with Crippen molar-refractivity contribution in [2.75, 3.05) is 57.9 Å². The van der Waals surface area contributed by atoms with Crippen molar-refractivity contribution >= 4 is 40.9 Å². The van der Waals surface area contributed by atoms with E-state index in [2.05, 4.69) is 20.5 Å². The van der Waals surface area contributed by atoms with E-state index in [-0.39, 0.29) is 47.0 Å². The van der Waals surface area contributed by atoms with Crippen LogP contribution in [0, 0.1) is 0 Å². The van der Waals surface area contributed by atoms with Gasteiger partial charge in [-0.15, -0.1) is 0 Å². The molecule has 0 bridgehead atoms. The first kappa shape index (κ1) is 29.5. The maximum atomic E-state index is 12.7. The first-order valence-corrected chi connectivity index (χ1v) is 13.5. The summed E-state index contributed by atoms with van der Waals surface area (Å²) in [5, 5.41) is 5.75. The number of nitrogens with zero attached hydrogens (tertiary/aromatic N) is 2. The van der Waals surface area contributed by atoms with Gasteiger partial charge >= 0.3 is 5.97 Å². The summed E-state index contributed by atoms with van der Waals surface area (Å²) in [5.74, 6) is -1.18. The summed E-state index contributed by atoms with van der Waals surface area (Å²) in [6.45, 7) is 2.85. The van der Waals surface area contributed by atoms with Gasteiger partial charge in [0.1, 0.15) is 17.5 Å². The number of aromatic amines is 1. The number of nitrogens with one attached hydrogen (secondary N) is 3. The predicted molar refractivity (Wildman–Crippen MR) is 151 cm³/mol. The van der Waals surface area contributed by atoms with Gasteiger partial charge in [-0.05, 0) is 56.6 Å². The molecule has 0 radical (unpaired) electrons. The number of likely N-dealkylation sites (tertiary alicyclic amines) is 2. The Morgan fingerprint density at radius 1 is 1.12 bits per heavy atom. The maximum Gasteiger partial charge on any atom is 0.338 e. The molecule has 216 valence electrons. The molecule has 40 heavy (non-hydrogen) atoms. The number of esters is 1. The van der Waals surface area contributed by atoms with Crippen LogP contribution in [0.3, 0.4) is 0 Å². The highest BCUT2D eigenvalue weighted by molar-refractivity contribution is 6.33. The molecule has 2 amide bonds. The van der Waals surface area contributed by atoms with Crippen molar-refractivity contribution < 1.29 is 23.9 Å². The van der Waals surface area contributed by atoms with E-state index in [1.807, 2.05) is 11.9 Å². The molecule has 2 saturated heterocycles. The van der Waals surface area contributed by atoms with Gasteiger partial charge in [0.05, 0.1) is 29.3 Å². The normalized spacial score (nSPS) is 20.6. The summed E-state index contributed by atoms with van der Waals surface area (Å²) >= 11 is 5.95. The number of nitrogens with two attached hydrogens (primary N) is 1. The second kappa shape index (κ2) is 13.3.